The molecule has 7 heteroatoms. The molecule has 1 fully saturated rings. The van der Waals surface area contributed by atoms with E-state index in [9.17, 15) is 14.4 Å². The van der Waals surface area contributed by atoms with Gasteiger partial charge in [0.05, 0.1) is 17.9 Å². The van der Waals surface area contributed by atoms with Crippen LogP contribution in [0.25, 0.3) is 11.5 Å². The van der Waals surface area contributed by atoms with Crippen molar-refractivity contribution in [3.63, 3.8) is 0 Å². The van der Waals surface area contributed by atoms with Crippen LogP contribution in [-0.2, 0) is 4.79 Å². The van der Waals surface area contributed by atoms with Crippen LogP contribution in [0.15, 0.2) is 39.7 Å². The number of amides is 2. The fourth-order valence-corrected chi connectivity index (χ4v) is 2.56. The maximum absolute atomic E-state index is 12.4. The number of nitrogens with one attached hydrogen (secondary N) is 1. The summed E-state index contributed by atoms with van der Waals surface area (Å²) in [5.41, 5.74) is 5.31. The van der Waals surface area contributed by atoms with Gasteiger partial charge in [0.1, 0.15) is 11.3 Å². The lowest BCUT2D eigenvalue weighted by molar-refractivity contribution is -0.121. The number of aromatic nitrogens is 1. The zero-order valence-electron chi connectivity index (χ0n) is 11.7. The molecular formula is C15H15N3O4. The maximum Gasteiger partial charge on any atom is 0.261 e. The smallest absolute Gasteiger partial charge is 0.261 e. The minimum absolute atomic E-state index is 0.0421. The monoisotopic (exact) mass is 301 g/mol. The highest BCUT2D eigenvalue weighted by Gasteiger charge is 2.31. The van der Waals surface area contributed by atoms with Crippen LogP contribution in [0.4, 0.5) is 0 Å². The first-order chi connectivity index (χ1) is 10.6. The number of carbonyl (C=O) groups is 2. The molecule has 1 atom stereocenters. The average Bonchev–Trinajstić information content (AvgIpc) is 3.18. The van der Waals surface area contributed by atoms with Crippen molar-refractivity contribution in [1.29, 1.82) is 0 Å². The Morgan fingerprint density at radius 2 is 2.14 bits per heavy atom. The largest absolute Gasteiger partial charge is 0.463 e. The molecule has 1 saturated heterocycles. The van der Waals surface area contributed by atoms with Gasteiger partial charge < -0.3 is 20.0 Å². The molecule has 3 rings (SSSR count). The molecule has 0 radical (unpaired) electrons. The zero-order valence-corrected chi connectivity index (χ0v) is 11.7. The number of nitrogens with two attached hydrogens (primary N) is 1. The van der Waals surface area contributed by atoms with Crippen molar-refractivity contribution in [2.24, 2.45) is 11.7 Å². The summed E-state index contributed by atoms with van der Waals surface area (Å²) in [5, 5.41) is 0. The number of H-pyrrole nitrogens is 1. The van der Waals surface area contributed by atoms with Gasteiger partial charge in [0.15, 0.2) is 0 Å². The summed E-state index contributed by atoms with van der Waals surface area (Å²) in [4.78, 5) is 39.7. The summed E-state index contributed by atoms with van der Waals surface area (Å²) in [6.45, 7) is 0.680. The Kier molecular flexibility index (Phi) is 3.54. The molecule has 1 aliphatic heterocycles. The van der Waals surface area contributed by atoms with Crippen molar-refractivity contribution in [1.82, 2.24) is 9.88 Å². The number of hydrogen-bond acceptors (Lipinski definition) is 4. The Labute approximate surface area is 125 Å². The van der Waals surface area contributed by atoms with E-state index >= 15 is 0 Å². The highest BCUT2D eigenvalue weighted by molar-refractivity contribution is 5.94. The molecule has 3 heterocycles. The molecule has 0 bridgehead atoms. The van der Waals surface area contributed by atoms with E-state index in [1.54, 1.807) is 18.2 Å². The molecule has 2 aromatic rings. The second kappa shape index (κ2) is 5.51. The van der Waals surface area contributed by atoms with Crippen molar-refractivity contribution >= 4 is 11.8 Å². The second-order valence-electron chi connectivity index (χ2n) is 5.23. The van der Waals surface area contributed by atoms with Crippen LogP contribution < -0.4 is 11.3 Å². The molecule has 0 aliphatic carbocycles. The Balaban J connectivity index is 1.82. The number of furan rings is 1. The van der Waals surface area contributed by atoms with Crippen molar-refractivity contribution < 1.29 is 14.0 Å². The third-order valence-corrected chi connectivity index (χ3v) is 3.80. The van der Waals surface area contributed by atoms with Crippen LogP contribution in [-0.4, -0.2) is 34.8 Å². The molecule has 2 aromatic heterocycles. The van der Waals surface area contributed by atoms with Gasteiger partial charge in [-0.3, -0.25) is 14.4 Å². The van der Waals surface area contributed by atoms with Crippen LogP contribution in [0.5, 0.6) is 0 Å². The third-order valence-electron chi connectivity index (χ3n) is 3.80. The molecule has 0 saturated carbocycles. The Bertz CT molecular complexity index is 763. The number of carbonyl (C=O) groups excluding carboxylic acids is 2. The highest BCUT2D eigenvalue weighted by atomic mass is 16.3. The van der Waals surface area contributed by atoms with Gasteiger partial charge >= 0.3 is 0 Å². The molecule has 3 N–H and O–H groups in total. The quantitative estimate of drug-likeness (QED) is 0.864. The number of aromatic amines is 1. The van der Waals surface area contributed by atoms with Gasteiger partial charge in [0, 0.05) is 13.1 Å². The number of pyridine rings is 1. The van der Waals surface area contributed by atoms with E-state index in [0.29, 0.717) is 24.4 Å². The fraction of sp³-hybridized carbons (Fsp3) is 0.267. The predicted molar refractivity (Wildman–Crippen MR) is 78.0 cm³/mol. The molecule has 7 nitrogen and oxygen atoms in total. The Hall–Kier alpha value is -2.83. The third kappa shape index (κ3) is 2.52. The summed E-state index contributed by atoms with van der Waals surface area (Å²) in [7, 11) is 0. The first-order valence-corrected chi connectivity index (χ1v) is 6.92. The van der Waals surface area contributed by atoms with Gasteiger partial charge in [0.2, 0.25) is 5.91 Å². The highest BCUT2D eigenvalue weighted by Crippen LogP contribution is 2.19. The summed E-state index contributed by atoms with van der Waals surface area (Å²) in [5.74, 6) is -0.634. The molecule has 0 aromatic carbocycles. The number of nitrogens with zero attached hydrogens (tertiary/aromatic N) is 1. The van der Waals surface area contributed by atoms with Crippen molar-refractivity contribution in [2.75, 3.05) is 13.1 Å². The lowest BCUT2D eigenvalue weighted by Crippen LogP contribution is -2.34. The molecule has 0 unspecified atom stereocenters. The van der Waals surface area contributed by atoms with Gasteiger partial charge in [-0.15, -0.1) is 0 Å². The van der Waals surface area contributed by atoms with Crippen molar-refractivity contribution in [2.45, 2.75) is 6.42 Å². The van der Waals surface area contributed by atoms with Crippen LogP contribution >= 0.6 is 0 Å². The summed E-state index contributed by atoms with van der Waals surface area (Å²) < 4.78 is 5.20. The minimum Gasteiger partial charge on any atom is -0.463 e. The van der Waals surface area contributed by atoms with Gasteiger partial charge in [-0.05, 0) is 30.7 Å². The standard InChI is InChI=1S/C15H15N3O4/c16-13(19)9-5-6-18(8-9)15(21)10-3-4-11(17-14(10)20)12-2-1-7-22-12/h1-4,7,9H,5-6,8H2,(H2,16,19)(H,17,20)/t9-/m1/s1. The number of hydrogen-bond donors (Lipinski definition) is 2. The number of rotatable bonds is 3. The molecule has 1 aliphatic rings. The van der Waals surface area contributed by atoms with Crippen molar-refractivity contribution in [3.05, 3.63) is 46.4 Å². The van der Waals surface area contributed by atoms with E-state index in [0.717, 1.165) is 0 Å². The lowest BCUT2D eigenvalue weighted by atomic mass is 10.1. The maximum atomic E-state index is 12.4. The van der Waals surface area contributed by atoms with E-state index in [4.69, 9.17) is 10.2 Å². The Morgan fingerprint density at radius 3 is 2.73 bits per heavy atom. The number of primary amides is 1. The van der Waals surface area contributed by atoms with Crippen LogP contribution in [0.1, 0.15) is 16.8 Å². The second-order valence-corrected chi connectivity index (χ2v) is 5.23. The van der Waals surface area contributed by atoms with E-state index in [2.05, 4.69) is 4.98 Å². The number of likely N-dealkylation sites (tertiary alicyclic amines) is 1. The zero-order chi connectivity index (χ0) is 15.7. The summed E-state index contributed by atoms with van der Waals surface area (Å²) in [6, 6.07) is 6.51. The molecule has 2 amide bonds. The van der Waals surface area contributed by atoms with Gasteiger partial charge in [-0.25, -0.2) is 0 Å². The topological polar surface area (TPSA) is 109 Å². The molecule has 22 heavy (non-hydrogen) atoms. The van der Waals surface area contributed by atoms with Crippen molar-refractivity contribution in [3.8, 4) is 11.5 Å². The first-order valence-electron chi connectivity index (χ1n) is 6.92. The summed E-state index contributed by atoms with van der Waals surface area (Å²) in [6.07, 6.45) is 2.03. The molecular weight excluding hydrogens is 286 g/mol. The Morgan fingerprint density at radius 1 is 1.32 bits per heavy atom. The van der Waals surface area contributed by atoms with Gasteiger partial charge in [0.25, 0.3) is 11.5 Å². The van der Waals surface area contributed by atoms with E-state index < -0.39 is 17.4 Å². The van der Waals surface area contributed by atoms with E-state index in [1.807, 2.05) is 0 Å². The minimum atomic E-state index is -0.485. The van der Waals surface area contributed by atoms with Gasteiger partial charge in [-0.1, -0.05) is 0 Å². The van der Waals surface area contributed by atoms with E-state index in [1.165, 1.54) is 17.2 Å². The van der Waals surface area contributed by atoms with E-state index in [-0.39, 0.29) is 18.0 Å². The van der Waals surface area contributed by atoms with Crippen LogP contribution in [0.2, 0.25) is 0 Å². The molecule has 114 valence electrons. The normalized spacial score (nSPS) is 17.6. The van der Waals surface area contributed by atoms with Crippen LogP contribution in [0.3, 0.4) is 0 Å². The SMILES string of the molecule is NC(=O)[C@@H]1CCN(C(=O)c2ccc(-c3ccco3)[nH]c2=O)C1. The van der Waals surface area contributed by atoms with Crippen LogP contribution in [0, 0.1) is 5.92 Å². The lowest BCUT2D eigenvalue weighted by Gasteiger charge is -2.15. The molecule has 0 spiro atoms. The first kappa shape index (κ1) is 14.1. The average molecular weight is 301 g/mol. The predicted octanol–water partition coefficient (Wildman–Crippen LogP) is 0.582. The fourth-order valence-electron chi connectivity index (χ4n) is 2.56. The summed E-state index contributed by atoms with van der Waals surface area (Å²) >= 11 is 0. The van der Waals surface area contributed by atoms with Gasteiger partial charge in [-0.2, -0.15) is 0 Å².